The number of amides is 1. The zero-order valence-corrected chi connectivity index (χ0v) is 13.9. The molecular formula is C19H20ClNO2. The van der Waals surface area contributed by atoms with Gasteiger partial charge in [-0.05, 0) is 23.6 Å². The molecule has 1 aliphatic rings. The smallest absolute Gasteiger partial charge is 0.253 e. The van der Waals surface area contributed by atoms with Crippen LogP contribution in [0.1, 0.15) is 16.7 Å². The Morgan fingerprint density at radius 3 is 2.30 bits per heavy atom. The van der Waals surface area contributed by atoms with Crippen LogP contribution < -0.4 is 0 Å². The van der Waals surface area contributed by atoms with Gasteiger partial charge in [0.05, 0.1) is 13.2 Å². The molecule has 3 rings (SSSR count). The molecular weight excluding hydrogens is 310 g/mol. The molecule has 0 N–H and O–H groups in total. The van der Waals surface area contributed by atoms with Crippen LogP contribution in [-0.2, 0) is 14.4 Å². The number of hydrogen-bond donors (Lipinski definition) is 0. The van der Waals surface area contributed by atoms with E-state index in [2.05, 4.69) is 0 Å². The normalized spacial score (nSPS) is 17.6. The van der Waals surface area contributed by atoms with Gasteiger partial charge in [-0.3, -0.25) is 4.79 Å². The number of morpholine rings is 1. The van der Waals surface area contributed by atoms with Crippen LogP contribution in [0.5, 0.6) is 0 Å². The van der Waals surface area contributed by atoms with Crippen molar-refractivity contribution in [1.82, 2.24) is 4.90 Å². The lowest BCUT2D eigenvalue weighted by atomic mass is 9.86. The molecule has 1 fully saturated rings. The van der Waals surface area contributed by atoms with E-state index in [0.717, 1.165) is 16.7 Å². The molecule has 2 aromatic carbocycles. The molecule has 2 aromatic rings. The second-order valence-corrected chi connectivity index (χ2v) is 6.31. The lowest BCUT2D eigenvalue weighted by molar-refractivity contribution is -0.137. The third-order valence-electron chi connectivity index (χ3n) is 4.28. The summed E-state index contributed by atoms with van der Waals surface area (Å²) in [4.78, 5) is 13.9. The van der Waals surface area contributed by atoms with Crippen molar-refractivity contribution in [3.8, 4) is 0 Å². The van der Waals surface area contributed by atoms with E-state index in [9.17, 15) is 4.79 Å². The molecule has 1 atom stereocenters. The average Bonchev–Trinajstić information content (AvgIpc) is 2.62. The predicted octanol–water partition coefficient (Wildman–Crippen LogP) is 3.34. The standard InChI is InChI=1S/C19H20ClNO2/c1-15-7-5-6-10-17(15)19(20,16-8-3-2-4-9-16)18(22)21-11-13-23-14-12-21/h2-10H,11-14H2,1H3. The van der Waals surface area contributed by atoms with E-state index in [1.165, 1.54) is 0 Å². The maximum atomic E-state index is 13.3. The Kier molecular flexibility index (Phi) is 4.69. The van der Waals surface area contributed by atoms with Gasteiger partial charge in [0.25, 0.3) is 5.91 Å². The summed E-state index contributed by atoms with van der Waals surface area (Å²) in [5.41, 5.74) is 2.64. The van der Waals surface area contributed by atoms with Crippen molar-refractivity contribution in [3.63, 3.8) is 0 Å². The third kappa shape index (κ3) is 2.99. The zero-order valence-electron chi connectivity index (χ0n) is 13.2. The van der Waals surface area contributed by atoms with Gasteiger partial charge in [0.2, 0.25) is 0 Å². The van der Waals surface area contributed by atoms with Gasteiger partial charge in [-0.25, -0.2) is 0 Å². The fourth-order valence-corrected chi connectivity index (χ4v) is 3.46. The van der Waals surface area contributed by atoms with Gasteiger partial charge in [-0.15, -0.1) is 0 Å². The summed E-state index contributed by atoms with van der Waals surface area (Å²) in [5, 5.41) is 0. The molecule has 4 heteroatoms. The lowest BCUT2D eigenvalue weighted by Gasteiger charge is -2.36. The fraction of sp³-hybridized carbons (Fsp3) is 0.316. The molecule has 1 amide bonds. The van der Waals surface area contributed by atoms with E-state index in [0.29, 0.717) is 26.3 Å². The van der Waals surface area contributed by atoms with Crippen molar-refractivity contribution in [2.75, 3.05) is 26.3 Å². The Morgan fingerprint density at radius 2 is 1.65 bits per heavy atom. The minimum atomic E-state index is -1.20. The van der Waals surface area contributed by atoms with Crippen LogP contribution in [0.2, 0.25) is 0 Å². The summed E-state index contributed by atoms with van der Waals surface area (Å²) in [6.45, 7) is 4.25. The summed E-state index contributed by atoms with van der Waals surface area (Å²) in [6.07, 6.45) is 0. The highest BCUT2D eigenvalue weighted by molar-refractivity contribution is 6.37. The van der Waals surface area contributed by atoms with Crippen molar-refractivity contribution in [2.45, 2.75) is 11.8 Å². The number of halogens is 1. The number of rotatable bonds is 3. The minimum absolute atomic E-state index is 0.0806. The Bertz CT molecular complexity index is 683. The molecule has 0 aliphatic carbocycles. The van der Waals surface area contributed by atoms with E-state index in [4.69, 9.17) is 16.3 Å². The number of ether oxygens (including phenoxy) is 1. The van der Waals surface area contributed by atoms with Crippen LogP contribution in [0.4, 0.5) is 0 Å². The first kappa shape index (κ1) is 16.0. The van der Waals surface area contributed by atoms with Crippen molar-refractivity contribution in [1.29, 1.82) is 0 Å². The maximum absolute atomic E-state index is 13.3. The van der Waals surface area contributed by atoms with Crippen LogP contribution in [0, 0.1) is 6.92 Å². The number of nitrogens with zero attached hydrogens (tertiary/aromatic N) is 1. The topological polar surface area (TPSA) is 29.5 Å². The molecule has 3 nitrogen and oxygen atoms in total. The molecule has 0 spiro atoms. The van der Waals surface area contributed by atoms with E-state index < -0.39 is 4.87 Å². The monoisotopic (exact) mass is 329 g/mol. The number of carbonyl (C=O) groups excluding carboxylic acids is 1. The van der Waals surface area contributed by atoms with Crippen molar-refractivity contribution in [2.24, 2.45) is 0 Å². The van der Waals surface area contributed by atoms with E-state index >= 15 is 0 Å². The van der Waals surface area contributed by atoms with Gasteiger partial charge >= 0.3 is 0 Å². The van der Waals surface area contributed by atoms with Gasteiger partial charge in [-0.2, -0.15) is 0 Å². The molecule has 0 bridgehead atoms. The van der Waals surface area contributed by atoms with E-state index in [1.54, 1.807) is 4.90 Å². The van der Waals surface area contributed by atoms with E-state index in [1.807, 2.05) is 61.5 Å². The number of aryl methyl sites for hydroxylation is 1. The van der Waals surface area contributed by atoms with Crippen LogP contribution in [-0.4, -0.2) is 37.1 Å². The molecule has 0 radical (unpaired) electrons. The second-order valence-electron chi connectivity index (χ2n) is 5.74. The van der Waals surface area contributed by atoms with Gasteiger partial charge < -0.3 is 9.64 Å². The molecule has 1 unspecified atom stereocenters. The molecule has 0 saturated carbocycles. The number of benzene rings is 2. The Labute approximate surface area is 141 Å². The number of hydrogen-bond acceptors (Lipinski definition) is 2. The van der Waals surface area contributed by atoms with Crippen LogP contribution in [0.15, 0.2) is 54.6 Å². The Morgan fingerprint density at radius 1 is 1.04 bits per heavy atom. The van der Waals surface area contributed by atoms with Gasteiger partial charge in [0, 0.05) is 13.1 Å². The van der Waals surface area contributed by atoms with Crippen LogP contribution in [0.3, 0.4) is 0 Å². The van der Waals surface area contributed by atoms with Gasteiger partial charge in [-0.1, -0.05) is 66.2 Å². The summed E-state index contributed by atoms with van der Waals surface area (Å²) in [5.74, 6) is -0.0806. The largest absolute Gasteiger partial charge is 0.378 e. The highest BCUT2D eigenvalue weighted by atomic mass is 35.5. The lowest BCUT2D eigenvalue weighted by Crippen LogP contribution is -2.49. The van der Waals surface area contributed by atoms with Gasteiger partial charge in [0.15, 0.2) is 4.87 Å². The van der Waals surface area contributed by atoms with Crippen molar-refractivity contribution in [3.05, 3.63) is 71.3 Å². The minimum Gasteiger partial charge on any atom is -0.378 e. The van der Waals surface area contributed by atoms with Crippen LogP contribution in [0.25, 0.3) is 0 Å². The second kappa shape index (κ2) is 6.73. The molecule has 1 heterocycles. The number of carbonyl (C=O) groups is 1. The third-order valence-corrected chi connectivity index (χ3v) is 4.86. The SMILES string of the molecule is Cc1ccccc1C(Cl)(C(=O)N1CCOCC1)c1ccccc1. The summed E-state index contributed by atoms with van der Waals surface area (Å²) < 4.78 is 5.36. The maximum Gasteiger partial charge on any atom is 0.253 e. The highest BCUT2D eigenvalue weighted by Gasteiger charge is 2.43. The first-order chi connectivity index (χ1) is 11.1. The van der Waals surface area contributed by atoms with E-state index in [-0.39, 0.29) is 5.91 Å². The Hall–Kier alpha value is -1.84. The summed E-state index contributed by atoms with van der Waals surface area (Å²) in [6, 6.07) is 17.4. The number of alkyl halides is 1. The van der Waals surface area contributed by atoms with Crippen LogP contribution >= 0.6 is 11.6 Å². The Balaban J connectivity index is 2.10. The first-order valence-electron chi connectivity index (χ1n) is 7.81. The predicted molar refractivity (Wildman–Crippen MR) is 91.7 cm³/mol. The fourth-order valence-electron chi connectivity index (χ4n) is 3.01. The quantitative estimate of drug-likeness (QED) is 0.808. The first-order valence-corrected chi connectivity index (χ1v) is 8.19. The van der Waals surface area contributed by atoms with Crippen molar-refractivity contribution < 1.29 is 9.53 Å². The summed E-state index contributed by atoms with van der Waals surface area (Å²) >= 11 is 7.05. The summed E-state index contributed by atoms with van der Waals surface area (Å²) in [7, 11) is 0. The van der Waals surface area contributed by atoms with Crippen molar-refractivity contribution >= 4 is 17.5 Å². The molecule has 1 aliphatic heterocycles. The molecule has 0 aromatic heterocycles. The van der Waals surface area contributed by atoms with Gasteiger partial charge in [0.1, 0.15) is 0 Å². The zero-order chi connectivity index (χ0) is 16.3. The average molecular weight is 330 g/mol. The highest BCUT2D eigenvalue weighted by Crippen LogP contribution is 2.40. The molecule has 120 valence electrons. The molecule has 1 saturated heterocycles. The molecule has 23 heavy (non-hydrogen) atoms.